The molecule has 2 aromatic heterocycles. The minimum atomic E-state index is -3.28. The lowest BCUT2D eigenvalue weighted by Gasteiger charge is -2.32. The quantitative estimate of drug-likeness (QED) is 0.353. The Morgan fingerprint density at radius 3 is 2.85 bits per heavy atom. The molecule has 0 aromatic carbocycles. The molecule has 1 fully saturated rings. The number of hydrogen-bond acceptors (Lipinski definition) is 6. The van der Waals surface area contributed by atoms with E-state index in [9.17, 15) is 13.2 Å². The van der Waals surface area contributed by atoms with Gasteiger partial charge in [0.2, 0.25) is 10.0 Å². The van der Waals surface area contributed by atoms with Gasteiger partial charge in [0.15, 0.2) is 11.5 Å². The Bertz CT molecular complexity index is 1070. The number of aromatic nitrogens is 3. The number of nitrogens with zero attached hydrogens (tertiary/aromatic N) is 4. The molecular formula is C22H38N6O4SSi. The SMILES string of the molecule is CCCCS(=O)(=O)N1CCCC(NC(=O)Nc2cnc3c(ccn3COCC[Si](C)(C)C)n2)C1. The van der Waals surface area contributed by atoms with Gasteiger partial charge in [-0.05, 0) is 31.4 Å². The lowest BCUT2D eigenvalue weighted by molar-refractivity contribution is 0.0899. The Balaban J connectivity index is 1.52. The van der Waals surface area contributed by atoms with Crippen molar-refractivity contribution in [2.24, 2.45) is 0 Å². The van der Waals surface area contributed by atoms with Crippen molar-refractivity contribution >= 4 is 41.1 Å². The third-order valence-corrected chi connectivity index (χ3v) is 9.43. The van der Waals surface area contributed by atoms with E-state index in [0.717, 1.165) is 31.9 Å². The summed E-state index contributed by atoms with van der Waals surface area (Å²) in [5.41, 5.74) is 1.36. The van der Waals surface area contributed by atoms with Crippen LogP contribution >= 0.6 is 0 Å². The summed E-state index contributed by atoms with van der Waals surface area (Å²) in [5, 5.41) is 5.60. The van der Waals surface area contributed by atoms with Gasteiger partial charge in [-0.3, -0.25) is 5.32 Å². The van der Waals surface area contributed by atoms with Crippen LogP contribution < -0.4 is 10.6 Å². The summed E-state index contributed by atoms with van der Waals surface area (Å²) in [6.07, 6.45) is 6.32. The number of nitrogens with one attached hydrogen (secondary N) is 2. The second-order valence-electron chi connectivity index (χ2n) is 10.1. The molecule has 1 atom stereocenters. The molecule has 0 radical (unpaired) electrons. The van der Waals surface area contributed by atoms with Gasteiger partial charge in [0.25, 0.3) is 0 Å². The van der Waals surface area contributed by atoms with Crippen LogP contribution in [0.3, 0.4) is 0 Å². The van der Waals surface area contributed by atoms with E-state index in [0.29, 0.717) is 43.2 Å². The number of anilines is 1. The second-order valence-corrected chi connectivity index (χ2v) is 17.8. The van der Waals surface area contributed by atoms with Crippen molar-refractivity contribution in [3.05, 3.63) is 18.5 Å². The normalized spacial score (nSPS) is 17.7. The summed E-state index contributed by atoms with van der Waals surface area (Å²) in [6.45, 7) is 10.9. The van der Waals surface area contributed by atoms with Gasteiger partial charge in [-0.25, -0.2) is 23.2 Å². The van der Waals surface area contributed by atoms with Gasteiger partial charge in [-0.15, -0.1) is 0 Å². The summed E-state index contributed by atoms with van der Waals surface area (Å²) in [7, 11) is -4.41. The first-order valence-corrected chi connectivity index (χ1v) is 17.3. The summed E-state index contributed by atoms with van der Waals surface area (Å²) in [6, 6.07) is 2.29. The zero-order valence-corrected chi connectivity index (χ0v) is 22.5. The van der Waals surface area contributed by atoms with Crippen molar-refractivity contribution in [3.8, 4) is 0 Å². The molecule has 1 aliphatic rings. The Morgan fingerprint density at radius 1 is 1.32 bits per heavy atom. The summed E-state index contributed by atoms with van der Waals surface area (Å²) >= 11 is 0. The van der Waals surface area contributed by atoms with E-state index in [1.54, 1.807) is 0 Å². The predicted octanol–water partition coefficient (Wildman–Crippen LogP) is 3.46. The number of carbonyl (C=O) groups excluding carboxylic acids is 1. The van der Waals surface area contributed by atoms with Gasteiger partial charge in [-0.2, -0.15) is 4.31 Å². The fourth-order valence-corrected chi connectivity index (χ4v) is 6.26. The maximum atomic E-state index is 12.5. The molecule has 3 heterocycles. The lowest BCUT2D eigenvalue weighted by Crippen LogP contribution is -2.51. The minimum Gasteiger partial charge on any atom is -0.361 e. The molecule has 0 bridgehead atoms. The number of carbonyl (C=O) groups is 1. The van der Waals surface area contributed by atoms with E-state index in [1.807, 2.05) is 23.8 Å². The fraction of sp³-hybridized carbons (Fsp3) is 0.682. The first-order valence-electron chi connectivity index (χ1n) is 12.0. The number of fused-ring (bicyclic) bond motifs is 1. The van der Waals surface area contributed by atoms with Crippen LogP contribution in [-0.2, 0) is 21.5 Å². The number of urea groups is 1. The zero-order chi connectivity index (χ0) is 24.8. The van der Waals surface area contributed by atoms with Crippen molar-refractivity contribution in [3.63, 3.8) is 0 Å². The first kappa shape index (κ1) is 26.6. The number of piperidine rings is 1. The van der Waals surface area contributed by atoms with Crippen LogP contribution in [-0.4, -0.2) is 72.9 Å². The molecule has 10 nitrogen and oxygen atoms in total. The van der Waals surface area contributed by atoms with E-state index in [-0.39, 0.29) is 11.8 Å². The number of rotatable bonds is 11. The van der Waals surface area contributed by atoms with Crippen molar-refractivity contribution in [1.29, 1.82) is 0 Å². The molecule has 3 rings (SSSR count). The second kappa shape index (κ2) is 11.6. The summed E-state index contributed by atoms with van der Waals surface area (Å²) in [5.74, 6) is 0.492. The third-order valence-electron chi connectivity index (χ3n) is 5.80. The standard InChI is InChI=1S/C22H38N6O4SSi/c1-5-6-13-33(30,31)28-10-7-8-18(16-28)24-22(29)26-20-15-23-21-19(25-20)9-11-27(21)17-32-12-14-34(2,3)4/h9,11,15,18H,5-8,10,12-14,16-17H2,1-4H3,(H2,24,25,26,29). The monoisotopic (exact) mass is 510 g/mol. The van der Waals surface area contributed by atoms with Gasteiger partial charge >= 0.3 is 6.03 Å². The number of hydrogen-bond donors (Lipinski definition) is 2. The molecule has 1 saturated heterocycles. The van der Waals surface area contributed by atoms with Gasteiger partial charge in [-0.1, -0.05) is 33.0 Å². The Morgan fingerprint density at radius 2 is 2.12 bits per heavy atom. The van der Waals surface area contributed by atoms with Crippen molar-refractivity contribution in [1.82, 2.24) is 24.2 Å². The van der Waals surface area contributed by atoms with Crippen LogP contribution in [0.25, 0.3) is 11.2 Å². The Labute approximate surface area is 203 Å². The van der Waals surface area contributed by atoms with Gasteiger partial charge in [0, 0.05) is 40.0 Å². The van der Waals surface area contributed by atoms with Crippen LogP contribution in [0.1, 0.15) is 32.6 Å². The van der Waals surface area contributed by atoms with E-state index >= 15 is 0 Å². The highest BCUT2D eigenvalue weighted by molar-refractivity contribution is 7.89. The highest BCUT2D eigenvalue weighted by Crippen LogP contribution is 2.17. The maximum Gasteiger partial charge on any atom is 0.320 e. The van der Waals surface area contributed by atoms with E-state index in [4.69, 9.17) is 4.74 Å². The molecule has 2 aromatic rings. The fourth-order valence-electron chi connectivity index (χ4n) is 3.77. The molecule has 12 heteroatoms. The van der Waals surface area contributed by atoms with E-state index in [2.05, 4.69) is 40.2 Å². The topological polar surface area (TPSA) is 118 Å². The Kier molecular flexibility index (Phi) is 9.07. The number of amides is 2. The molecule has 0 spiro atoms. The average molecular weight is 511 g/mol. The van der Waals surface area contributed by atoms with Gasteiger partial charge < -0.3 is 14.6 Å². The van der Waals surface area contributed by atoms with Crippen LogP contribution in [0, 0.1) is 0 Å². The van der Waals surface area contributed by atoms with Gasteiger partial charge in [0.05, 0.1) is 11.9 Å². The molecular weight excluding hydrogens is 472 g/mol. The highest BCUT2D eigenvalue weighted by atomic mass is 32.2. The van der Waals surface area contributed by atoms with E-state index < -0.39 is 24.1 Å². The molecule has 1 unspecified atom stereocenters. The minimum absolute atomic E-state index is 0.154. The van der Waals surface area contributed by atoms with Crippen LogP contribution in [0.4, 0.5) is 10.6 Å². The number of sulfonamides is 1. The van der Waals surface area contributed by atoms with Crippen LogP contribution in [0.15, 0.2) is 18.5 Å². The largest absolute Gasteiger partial charge is 0.361 e. The number of ether oxygens (including phenoxy) is 1. The highest BCUT2D eigenvalue weighted by Gasteiger charge is 2.29. The summed E-state index contributed by atoms with van der Waals surface area (Å²) < 4.78 is 34.2. The molecule has 34 heavy (non-hydrogen) atoms. The molecule has 0 saturated carbocycles. The first-order chi connectivity index (χ1) is 16.1. The average Bonchev–Trinajstić information content (AvgIpc) is 3.17. The van der Waals surface area contributed by atoms with Crippen LogP contribution in [0.2, 0.25) is 25.7 Å². The Hall–Kier alpha value is -2.02. The maximum absolute atomic E-state index is 12.5. The van der Waals surface area contributed by atoms with E-state index in [1.165, 1.54) is 10.5 Å². The van der Waals surface area contributed by atoms with Crippen molar-refractivity contribution < 1.29 is 17.9 Å². The molecule has 2 N–H and O–H groups in total. The summed E-state index contributed by atoms with van der Waals surface area (Å²) in [4.78, 5) is 21.4. The third kappa shape index (κ3) is 7.75. The molecule has 0 aliphatic carbocycles. The van der Waals surface area contributed by atoms with Gasteiger partial charge in [0.1, 0.15) is 12.2 Å². The van der Waals surface area contributed by atoms with Crippen molar-refractivity contribution in [2.45, 2.75) is 71.1 Å². The smallest absolute Gasteiger partial charge is 0.320 e. The molecule has 1 aliphatic heterocycles. The molecule has 2 amide bonds. The number of unbranched alkanes of at least 4 members (excludes halogenated alkanes) is 1. The zero-order valence-electron chi connectivity index (χ0n) is 20.7. The molecule has 190 valence electrons. The lowest BCUT2D eigenvalue weighted by atomic mass is 10.1. The predicted molar refractivity (Wildman–Crippen MR) is 137 cm³/mol. The van der Waals surface area contributed by atoms with Crippen LogP contribution in [0.5, 0.6) is 0 Å². The van der Waals surface area contributed by atoms with Crippen molar-refractivity contribution in [2.75, 3.05) is 30.8 Å².